The second-order valence-electron chi connectivity index (χ2n) is 5.74. The van der Waals surface area contributed by atoms with Crippen LogP contribution in [0.2, 0.25) is 0 Å². The average Bonchev–Trinajstić information content (AvgIpc) is 2.66. The molecule has 0 amide bonds. The van der Waals surface area contributed by atoms with Gasteiger partial charge in [-0.1, -0.05) is 26.7 Å². The first-order valence-corrected chi connectivity index (χ1v) is 7.87. The van der Waals surface area contributed by atoms with Crippen molar-refractivity contribution < 1.29 is 0 Å². The van der Waals surface area contributed by atoms with Gasteiger partial charge >= 0.3 is 0 Å². The van der Waals surface area contributed by atoms with Crippen molar-refractivity contribution in [1.82, 2.24) is 15.5 Å². The number of hydrogen-bond acceptors (Lipinski definition) is 2. The maximum Gasteiger partial charge on any atom is 0.191 e. The molecule has 1 heterocycles. The molecule has 1 fully saturated rings. The molecule has 5 heteroatoms. The molecule has 0 aromatic carbocycles. The van der Waals surface area contributed by atoms with Crippen LogP contribution < -0.4 is 10.6 Å². The lowest BCUT2D eigenvalue weighted by Gasteiger charge is -2.34. The van der Waals surface area contributed by atoms with Crippen LogP contribution in [0, 0.1) is 5.92 Å². The van der Waals surface area contributed by atoms with Crippen LogP contribution in [0.5, 0.6) is 0 Å². The zero-order chi connectivity index (χ0) is 14.1. The van der Waals surface area contributed by atoms with E-state index in [9.17, 15) is 0 Å². The number of hydrogen-bond donors (Lipinski definition) is 2. The minimum Gasteiger partial charge on any atom is -0.357 e. The molecule has 0 radical (unpaired) electrons. The molecule has 1 aliphatic heterocycles. The Labute approximate surface area is 142 Å². The summed E-state index contributed by atoms with van der Waals surface area (Å²) in [5, 5.41) is 6.73. The number of aliphatic imine (C=N–C) groups is 1. The first-order chi connectivity index (χ1) is 9.19. The Balaban J connectivity index is 0.00000361. The molecule has 0 spiro atoms. The third kappa shape index (κ3) is 7.11. The third-order valence-electron chi connectivity index (χ3n) is 3.93. The van der Waals surface area contributed by atoms with Gasteiger partial charge in [0.1, 0.15) is 0 Å². The van der Waals surface area contributed by atoms with E-state index in [1.54, 1.807) is 0 Å². The molecular weight excluding hydrogens is 363 g/mol. The summed E-state index contributed by atoms with van der Waals surface area (Å²) < 4.78 is 0. The Morgan fingerprint density at radius 2 is 1.70 bits per heavy atom. The van der Waals surface area contributed by atoms with E-state index < -0.39 is 0 Å². The summed E-state index contributed by atoms with van der Waals surface area (Å²) in [6.45, 7) is 11.2. The van der Waals surface area contributed by atoms with E-state index in [-0.39, 0.29) is 24.0 Å². The largest absolute Gasteiger partial charge is 0.357 e. The Kier molecular flexibility index (Phi) is 11.6. The summed E-state index contributed by atoms with van der Waals surface area (Å²) in [5.41, 5.74) is 0. The Morgan fingerprint density at radius 1 is 1.10 bits per heavy atom. The van der Waals surface area contributed by atoms with Gasteiger partial charge in [0.05, 0.1) is 0 Å². The second-order valence-corrected chi connectivity index (χ2v) is 5.74. The Morgan fingerprint density at radius 3 is 2.15 bits per heavy atom. The summed E-state index contributed by atoms with van der Waals surface area (Å²) in [5.74, 6) is 1.59. The van der Waals surface area contributed by atoms with Gasteiger partial charge in [-0.3, -0.25) is 9.89 Å². The van der Waals surface area contributed by atoms with E-state index in [0.717, 1.165) is 19.0 Å². The van der Waals surface area contributed by atoms with Crippen molar-refractivity contribution in [3.63, 3.8) is 0 Å². The molecule has 0 bridgehead atoms. The quantitative estimate of drug-likeness (QED) is 0.427. The van der Waals surface area contributed by atoms with Gasteiger partial charge in [0.15, 0.2) is 5.96 Å². The van der Waals surface area contributed by atoms with Gasteiger partial charge in [0.2, 0.25) is 0 Å². The Bertz CT molecular complexity index is 261. The van der Waals surface area contributed by atoms with Crippen molar-refractivity contribution in [1.29, 1.82) is 0 Å². The number of nitrogens with one attached hydrogen (secondary N) is 2. The van der Waals surface area contributed by atoms with Crippen molar-refractivity contribution in [3.05, 3.63) is 0 Å². The number of guanidine groups is 1. The number of nitrogens with zero attached hydrogens (tertiary/aromatic N) is 2. The minimum absolute atomic E-state index is 0. The fraction of sp³-hybridized carbons (Fsp3) is 0.933. The van der Waals surface area contributed by atoms with Gasteiger partial charge in [-0.05, 0) is 38.8 Å². The molecule has 1 rings (SSSR count). The monoisotopic (exact) mass is 396 g/mol. The predicted molar refractivity (Wildman–Crippen MR) is 99.1 cm³/mol. The fourth-order valence-electron chi connectivity index (χ4n) is 2.80. The molecule has 120 valence electrons. The lowest BCUT2D eigenvalue weighted by atomic mass is 10.0. The maximum absolute atomic E-state index is 4.25. The zero-order valence-electron chi connectivity index (χ0n) is 13.6. The van der Waals surface area contributed by atoms with Gasteiger partial charge < -0.3 is 10.6 Å². The topological polar surface area (TPSA) is 39.7 Å². The lowest BCUT2D eigenvalue weighted by Crippen LogP contribution is -2.49. The van der Waals surface area contributed by atoms with Gasteiger partial charge in [-0.2, -0.15) is 0 Å². The van der Waals surface area contributed by atoms with E-state index in [0.29, 0.717) is 12.0 Å². The van der Waals surface area contributed by atoms with Crippen molar-refractivity contribution in [3.8, 4) is 0 Å². The summed E-state index contributed by atoms with van der Waals surface area (Å²) >= 11 is 0. The number of rotatable bonds is 5. The molecule has 1 aliphatic rings. The van der Waals surface area contributed by atoms with E-state index in [4.69, 9.17) is 0 Å². The fourth-order valence-corrected chi connectivity index (χ4v) is 2.80. The molecule has 1 atom stereocenters. The molecule has 1 unspecified atom stereocenters. The first kappa shape index (κ1) is 20.0. The molecular formula is C15H33IN4. The van der Waals surface area contributed by atoms with E-state index in [1.807, 2.05) is 7.05 Å². The highest BCUT2D eigenvalue weighted by atomic mass is 127. The van der Waals surface area contributed by atoms with Crippen molar-refractivity contribution in [2.24, 2.45) is 10.9 Å². The van der Waals surface area contributed by atoms with Crippen LogP contribution in [0.4, 0.5) is 0 Å². The Hall–Kier alpha value is -0.0400. The average molecular weight is 396 g/mol. The summed E-state index contributed by atoms with van der Waals surface area (Å²) in [6, 6.07) is 0.605. The van der Waals surface area contributed by atoms with Crippen molar-refractivity contribution in [2.45, 2.75) is 52.5 Å². The molecule has 0 aliphatic carbocycles. The highest BCUT2D eigenvalue weighted by molar-refractivity contribution is 14.0. The number of likely N-dealkylation sites (tertiary alicyclic amines) is 1. The van der Waals surface area contributed by atoms with E-state index >= 15 is 0 Å². The molecule has 20 heavy (non-hydrogen) atoms. The minimum atomic E-state index is 0. The SMILES string of the molecule is CCNC(=NC)NCC(C(C)C)N1CCCCCC1.I. The normalized spacial score (nSPS) is 19.1. The standard InChI is InChI=1S/C15H32N4.HI/c1-5-17-15(16-4)18-12-14(13(2)3)19-10-8-6-7-9-11-19;/h13-14H,5-12H2,1-4H3,(H2,16,17,18);1H. The molecule has 1 saturated heterocycles. The molecule has 0 saturated carbocycles. The van der Waals surface area contributed by atoms with Crippen LogP contribution in [0.15, 0.2) is 4.99 Å². The molecule has 0 aromatic rings. The summed E-state index contributed by atoms with van der Waals surface area (Å²) in [6.07, 6.45) is 5.50. The molecule has 4 nitrogen and oxygen atoms in total. The predicted octanol–water partition coefficient (Wildman–Crippen LogP) is 2.69. The summed E-state index contributed by atoms with van der Waals surface area (Å²) in [4.78, 5) is 6.92. The maximum atomic E-state index is 4.25. The smallest absolute Gasteiger partial charge is 0.191 e. The zero-order valence-corrected chi connectivity index (χ0v) is 15.9. The van der Waals surface area contributed by atoms with Gasteiger partial charge in [0.25, 0.3) is 0 Å². The second kappa shape index (κ2) is 11.6. The molecule has 0 aromatic heterocycles. The van der Waals surface area contributed by atoms with Gasteiger partial charge in [0, 0.05) is 26.2 Å². The van der Waals surface area contributed by atoms with Crippen LogP contribution in [0.1, 0.15) is 46.5 Å². The highest BCUT2D eigenvalue weighted by Crippen LogP contribution is 2.16. The van der Waals surface area contributed by atoms with Crippen LogP contribution in [-0.2, 0) is 0 Å². The van der Waals surface area contributed by atoms with Crippen LogP contribution in [0.3, 0.4) is 0 Å². The van der Waals surface area contributed by atoms with Gasteiger partial charge in [-0.25, -0.2) is 0 Å². The third-order valence-corrected chi connectivity index (χ3v) is 3.93. The van der Waals surface area contributed by atoms with E-state index in [1.165, 1.54) is 38.8 Å². The van der Waals surface area contributed by atoms with Crippen molar-refractivity contribution in [2.75, 3.05) is 33.2 Å². The van der Waals surface area contributed by atoms with Crippen LogP contribution in [-0.4, -0.2) is 50.1 Å². The van der Waals surface area contributed by atoms with E-state index in [2.05, 4.69) is 41.3 Å². The van der Waals surface area contributed by atoms with Crippen molar-refractivity contribution >= 4 is 29.9 Å². The van der Waals surface area contributed by atoms with Crippen LogP contribution in [0.25, 0.3) is 0 Å². The summed E-state index contributed by atoms with van der Waals surface area (Å²) in [7, 11) is 1.83. The molecule has 2 N–H and O–H groups in total. The number of halogens is 1. The highest BCUT2D eigenvalue weighted by Gasteiger charge is 2.22. The lowest BCUT2D eigenvalue weighted by molar-refractivity contribution is 0.161. The first-order valence-electron chi connectivity index (χ1n) is 7.87. The van der Waals surface area contributed by atoms with Gasteiger partial charge in [-0.15, -0.1) is 24.0 Å². The van der Waals surface area contributed by atoms with Crippen LogP contribution >= 0.6 is 24.0 Å².